The van der Waals surface area contributed by atoms with Crippen LogP contribution in [-0.4, -0.2) is 29.3 Å². The molecule has 0 saturated heterocycles. The molecule has 0 heterocycles. The molecule has 0 amide bonds. The van der Waals surface area contributed by atoms with Crippen LogP contribution in [0, 0.1) is 0 Å². The molecule has 4 nitrogen and oxygen atoms in total. The minimum atomic E-state index is -1.05. The van der Waals surface area contributed by atoms with Gasteiger partial charge in [0.1, 0.15) is 5.54 Å². The van der Waals surface area contributed by atoms with E-state index in [1.165, 1.54) is 19.3 Å². The first kappa shape index (κ1) is 13.5. The van der Waals surface area contributed by atoms with E-state index in [9.17, 15) is 4.79 Å². The predicted octanol–water partition coefficient (Wildman–Crippen LogP) is 1.92. The number of ether oxygens (including phenoxy) is 1. The number of hydrogen-bond donors (Lipinski definition) is 2. The zero-order valence-electron chi connectivity index (χ0n) is 10.1. The van der Waals surface area contributed by atoms with Crippen molar-refractivity contribution in [2.24, 2.45) is 5.73 Å². The fourth-order valence-electron chi connectivity index (χ4n) is 2.14. The second-order valence-electron chi connectivity index (χ2n) is 4.76. The highest BCUT2D eigenvalue weighted by Gasteiger charge is 2.42. The molecule has 1 fully saturated rings. The summed E-state index contributed by atoms with van der Waals surface area (Å²) in [4.78, 5) is 10.9. The first-order valence-electron chi connectivity index (χ1n) is 6.22. The molecular formula is C12H23NO3. The third-order valence-corrected chi connectivity index (χ3v) is 3.28. The summed E-state index contributed by atoms with van der Waals surface area (Å²) >= 11 is 0. The van der Waals surface area contributed by atoms with E-state index in [0.29, 0.717) is 12.8 Å². The van der Waals surface area contributed by atoms with Gasteiger partial charge in [0.2, 0.25) is 0 Å². The number of hydrogen-bond acceptors (Lipinski definition) is 3. The van der Waals surface area contributed by atoms with Crippen molar-refractivity contribution in [3.63, 3.8) is 0 Å². The number of aliphatic carboxylic acids is 1. The van der Waals surface area contributed by atoms with E-state index in [0.717, 1.165) is 19.4 Å². The molecule has 94 valence electrons. The number of rotatable bonds is 7. The fourth-order valence-corrected chi connectivity index (χ4v) is 2.14. The van der Waals surface area contributed by atoms with Gasteiger partial charge in [-0.15, -0.1) is 0 Å². The Bertz CT molecular complexity index is 232. The van der Waals surface area contributed by atoms with Crippen LogP contribution < -0.4 is 5.73 Å². The van der Waals surface area contributed by atoms with Crippen LogP contribution in [0.5, 0.6) is 0 Å². The zero-order valence-corrected chi connectivity index (χ0v) is 10.1. The summed E-state index contributed by atoms with van der Waals surface area (Å²) in [6.45, 7) is 2.91. The van der Waals surface area contributed by atoms with Crippen LogP contribution in [-0.2, 0) is 9.53 Å². The molecule has 0 aromatic carbocycles. The van der Waals surface area contributed by atoms with Gasteiger partial charge in [-0.1, -0.05) is 26.2 Å². The Morgan fingerprint density at radius 3 is 2.81 bits per heavy atom. The van der Waals surface area contributed by atoms with E-state index < -0.39 is 11.5 Å². The first-order chi connectivity index (χ1) is 7.58. The van der Waals surface area contributed by atoms with Crippen molar-refractivity contribution in [3.05, 3.63) is 0 Å². The van der Waals surface area contributed by atoms with E-state index in [4.69, 9.17) is 15.6 Å². The van der Waals surface area contributed by atoms with Crippen LogP contribution in [0.4, 0.5) is 0 Å². The summed E-state index contributed by atoms with van der Waals surface area (Å²) in [6, 6.07) is 0. The number of unbranched alkanes of at least 4 members (excludes halogenated alkanes) is 3. The summed E-state index contributed by atoms with van der Waals surface area (Å²) in [7, 11) is 0. The largest absolute Gasteiger partial charge is 0.480 e. The molecule has 1 aliphatic rings. The Morgan fingerprint density at radius 2 is 2.25 bits per heavy atom. The third-order valence-electron chi connectivity index (χ3n) is 3.28. The Morgan fingerprint density at radius 1 is 1.50 bits per heavy atom. The smallest absolute Gasteiger partial charge is 0.323 e. The quantitative estimate of drug-likeness (QED) is 0.654. The van der Waals surface area contributed by atoms with Gasteiger partial charge < -0.3 is 15.6 Å². The number of carboxylic acids is 1. The molecule has 16 heavy (non-hydrogen) atoms. The standard InChI is InChI=1S/C12H23NO3/c1-2-3-4-5-8-16-10-6-7-12(13,9-10)11(14)15/h10H,2-9,13H2,1H3,(H,14,15). The molecule has 2 unspecified atom stereocenters. The average Bonchev–Trinajstić information content (AvgIpc) is 2.62. The van der Waals surface area contributed by atoms with Gasteiger partial charge in [0.05, 0.1) is 6.10 Å². The van der Waals surface area contributed by atoms with Crippen LogP contribution in [0.1, 0.15) is 51.9 Å². The maximum absolute atomic E-state index is 10.9. The second kappa shape index (κ2) is 6.21. The molecule has 0 aromatic heterocycles. The minimum Gasteiger partial charge on any atom is -0.480 e. The lowest BCUT2D eigenvalue weighted by molar-refractivity contribution is -0.143. The average molecular weight is 229 g/mol. The summed E-state index contributed by atoms with van der Waals surface area (Å²) in [6.07, 6.45) is 6.51. The molecule has 0 radical (unpaired) electrons. The van der Waals surface area contributed by atoms with Crippen molar-refractivity contribution in [2.45, 2.75) is 63.5 Å². The van der Waals surface area contributed by atoms with Gasteiger partial charge in [-0.05, 0) is 19.3 Å². The van der Waals surface area contributed by atoms with E-state index in [-0.39, 0.29) is 6.10 Å². The maximum atomic E-state index is 10.9. The summed E-state index contributed by atoms with van der Waals surface area (Å²) < 4.78 is 5.65. The highest BCUT2D eigenvalue weighted by atomic mass is 16.5. The van der Waals surface area contributed by atoms with Gasteiger partial charge in [0.15, 0.2) is 0 Å². The van der Waals surface area contributed by atoms with Gasteiger partial charge in [0.25, 0.3) is 0 Å². The fraction of sp³-hybridized carbons (Fsp3) is 0.917. The summed E-state index contributed by atoms with van der Waals surface area (Å²) in [5.74, 6) is -0.899. The van der Waals surface area contributed by atoms with Gasteiger partial charge in [-0.2, -0.15) is 0 Å². The normalized spacial score (nSPS) is 29.5. The topological polar surface area (TPSA) is 72.5 Å². The van der Waals surface area contributed by atoms with Crippen molar-refractivity contribution < 1.29 is 14.6 Å². The third kappa shape index (κ3) is 3.76. The highest BCUT2D eigenvalue weighted by molar-refractivity contribution is 5.78. The monoisotopic (exact) mass is 229 g/mol. The zero-order chi connectivity index (χ0) is 12.0. The van der Waals surface area contributed by atoms with Crippen molar-refractivity contribution in [3.8, 4) is 0 Å². The first-order valence-corrected chi connectivity index (χ1v) is 6.22. The number of carbonyl (C=O) groups is 1. The second-order valence-corrected chi connectivity index (χ2v) is 4.76. The van der Waals surface area contributed by atoms with Gasteiger partial charge in [0, 0.05) is 13.0 Å². The number of nitrogens with two attached hydrogens (primary N) is 1. The lowest BCUT2D eigenvalue weighted by Gasteiger charge is -2.18. The van der Waals surface area contributed by atoms with Crippen molar-refractivity contribution in [1.29, 1.82) is 0 Å². The van der Waals surface area contributed by atoms with E-state index in [2.05, 4.69) is 6.92 Å². The molecule has 1 aliphatic carbocycles. The Hall–Kier alpha value is -0.610. The van der Waals surface area contributed by atoms with Crippen LogP contribution in [0.2, 0.25) is 0 Å². The Kier molecular flexibility index (Phi) is 5.22. The van der Waals surface area contributed by atoms with Crippen LogP contribution in [0.3, 0.4) is 0 Å². The van der Waals surface area contributed by atoms with Gasteiger partial charge in [-0.3, -0.25) is 4.79 Å². The van der Waals surface area contributed by atoms with Crippen LogP contribution in [0.15, 0.2) is 0 Å². The molecule has 2 atom stereocenters. The van der Waals surface area contributed by atoms with Gasteiger partial charge in [-0.25, -0.2) is 0 Å². The van der Waals surface area contributed by atoms with E-state index >= 15 is 0 Å². The molecule has 0 aliphatic heterocycles. The lowest BCUT2D eigenvalue weighted by atomic mass is 10.00. The van der Waals surface area contributed by atoms with Gasteiger partial charge >= 0.3 is 5.97 Å². The van der Waals surface area contributed by atoms with Crippen molar-refractivity contribution >= 4 is 5.97 Å². The van der Waals surface area contributed by atoms with E-state index in [1.54, 1.807) is 0 Å². The molecule has 1 rings (SSSR count). The molecule has 3 N–H and O–H groups in total. The molecule has 0 bridgehead atoms. The Balaban J connectivity index is 2.14. The molecule has 4 heteroatoms. The summed E-state index contributed by atoms with van der Waals surface area (Å²) in [5.41, 5.74) is 4.72. The maximum Gasteiger partial charge on any atom is 0.323 e. The van der Waals surface area contributed by atoms with Crippen LogP contribution in [0.25, 0.3) is 0 Å². The summed E-state index contributed by atoms with van der Waals surface area (Å²) in [5, 5.41) is 8.95. The Labute approximate surface area is 97.2 Å². The predicted molar refractivity (Wildman–Crippen MR) is 62.3 cm³/mol. The lowest BCUT2D eigenvalue weighted by Crippen LogP contribution is -2.45. The highest BCUT2D eigenvalue weighted by Crippen LogP contribution is 2.30. The SMILES string of the molecule is CCCCCCOC1CCC(N)(C(=O)O)C1. The van der Waals surface area contributed by atoms with Crippen molar-refractivity contribution in [1.82, 2.24) is 0 Å². The van der Waals surface area contributed by atoms with Crippen molar-refractivity contribution in [2.75, 3.05) is 6.61 Å². The molecule has 0 aromatic rings. The van der Waals surface area contributed by atoms with Crippen LogP contribution >= 0.6 is 0 Å². The molecule has 1 saturated carbocycles. The molecular weight excluding hydrogens is 206 g/mol. The minimum absolute atomic E-state index is 0.0442. The number of carboxylic acid groups (broad SMARTS) is 1. The van der Waals surface area contributed by atoms with E-state index in [1.807, 2.05) is 0 Å². The molecule has 0 spiro atoms.